The van der Waals surface area contributed by atoms with Crippen LogP contribution in [0.4, 0.5) is 0 Å². The highest BCUT2D eigenvalue weighted by Crippen LogP contribution is 2.40. The summed E-state index contributed by atoms with van der Waals surface area (Å²) >= 11 is 0. The first-order valence-corrected chi connectivity index (χ1v) is 7.52. The van der Waals surface area contributed by atoms with Crippen LogP contribution < -0.4 is 0 Å². The molecule has 110 valence electrons. The minimum absolute atomic E-state index is 0.0611. The molecule has 1 aromatic carbocycles. The van der Waals surface area contributed by atoms with Gasteiger partial charge in [-0.2, -0.15) is 0 Å². The lowest BCUT2D eigenvalue weighted by molar-refractivity contribution is -0.152. The van der Waals surface area contributed by atoms with E-state index >= 15 is 0 Å². The van der Waals surface area contributed by atoms with Gasteiger partial charge >= 0.3 is 5.97 Å². The minimum Gasteiger partial charge on any atom is -0.465 e. The Morgan fingerprint density at radius 3 is 2.75 bits per heavy atom. The third-order valence-corrected chi connectivity index (χ3v) is 4.47. The quantitative estimate of drug-likeness (QED) is 0.794. The molecular weight excluding hydrogens is 250 g/mol. The van der Waals surface area contributed by atoms with E-state index in [2.05, 4.69) is 31.0 Å². The van der Waals surface area contributed by atoms with Gasteiger partial charge in [0.05, 0.1) is 12.0 Å². The fourth-order valence-corrected chi connectivity index (χ4v) is 3.43. The molecule has 0 aromatic heterocycles. The maximum Gasteiger partial charge on any atom is 0.316 e. The van der Waals surface area contributed by atoms with Gasteiger partial charge < -0.3 is 9.64 Å². The second-order valence-corrected chi connectivity index (χ2v) is 5.82. The van der Waals surface area contributed by atoms with Crippen LogP contribution >= 0.6 is 0 Å². The first-order valence-electron chi connectivity index (χ1n) is 7.52. The number of esters is 1. The third-order valence-electron chi connectivity index (χ3n) is 4.47. The van der Waals surface area contributed by atoms with Gasteiger partial charge in [0.25, 0.3) is 0 Å². The highest BCUT2D eigenvalue weighted by Gasteiger charge is 2.47. The molecule has 1 fully saturated rings. The lowest BCUT2D eigenvalue weighted by Gasteiger charge is -2.36. The Labute approximate surface area is 121 Å². The molecule has 2 atom stereocenters. The monoisotopic (exact) mass is 275 g/mol. The minimum atomic E-state index is -0.498. The number of hydrogen-bond acceptors (Lipinski definition) is 3. The summed E-state index contributed by atoms with van der Waals surface area (Å²) in [6, 6.07) is 10.2. The molecule has 1 heterocycles. The Morgan fingerprint density at radius 2 is 2.10 bits per heavy atom. The van der Waals surface area contributed by atoms with Gasteiger partial charge in [0.15, 0.2) is 0 Å². The van der Waals surface area contributed by atoms with Crippen LogP contribution in [0.3, 0.4) is 0 Å². The van der Waals surface area contributed by atoms with E-state index in [0.29, 0.717) is 6.61 Å². The van der Waals surface area contributed by atoms with Crippen LogP contribution in [0.1, 0.15) is 32.3 Å². The van der Waals surface area contributed by atoms with Gasteiger partial charge in [0.2, 0.25) is 0 Å². The van der Waals surface area contributed by atoms with Gasteiger partial charge in [-0.15, -0.1) is 0 Å². The average Bonchev–Trinajstić information content (AvgIpc) is 2.59. The molecule has 0 bridgehead atoms. The predicted molar refractivity (Wildman–Crippen MR) is 80.6 cm³/mol. The largest absolute Gasteiger partial charge is 0.465 e. The van der Waals surface area contributed by atoms with Gasteiger partial charge in [0.1, 0.15) is 0 Å². The zero-order valence-electron chi connectivity index (χ0n) is 12.8. The molecule has 0 saturated carbocycles. The Bertz CT molecular complexity index is 446. The smallest absolute Gasteiger partial charge is 0.316 e. The van der Waals surface area contributed by atoms with E-state index in [1.165, 1.54) is 0 Å². The van der Waals surface area contributed by atoms with Crippen LogP contribution in [0.2, 0.25) is 0 Å². The van der Waals surface area contributed by atoms with Crippen LogP contribution in [0.25, 0.3) is 0 Å². The summed E-state index contributed by atoms with van der Waals surface area (Å²) in [6.45, 7) is 6.46. The summed E-state index contributed by atoms with van der Waals surface area (Å²) in [5.74, 6) is 0.186. The number of carbonyl (C=O) groups is 1. The van der Waals surface area contributed by atoms with E-state index in [9.17, 15) is 4.79 Å². The summed E-state index contributed by atoms with van der Waals surface area (Å²) in [4.78, 5) is 15.1. The number of hydrogen-bond donors (Lipinski definition) is 0. The van der Waals surface area contributed by atoms with E-state index in [0.717, 1.165) is 31.5 Å². The van der Waals surface area contributed by atoms with Crippen LogP contribution in [0, 0.1) is 5.92 Å². The molecule has 2 rings (SSSR count). The van der Waals surface area contributed by atoms with Crippen molar-refractivity contribution in [2.24, 2.45) is 5.92 Å². The summed E-state index contributed by atoms with van der Waals surface area (Å²) < 4.78 is 5.44. The second-order valence-electron chi connectivity index (χ2n) is 5.82. The van der Waals surface area contributed by atoms with Crippen LogP contribution in [-0.2, 0) is 14.9 Å². The summed E-state index contributed by atoms with van der Waals surface area (Å²) in [5.41, 5.74) is 0.600. The number of carbonyl (C=O) groups excluding carboxylic acids is 1. The average molecular weight is 275 g/mol. The zero-order chi connectivity index (χ0) is 14.6. The molecule has 1 aliphatic heterocycles. The molecule has 0 radical (unpaired) electrons. The van der Waals surface area contributed by atoms with E-state index in [-0.39, 0.29) is 11.9 Å². The first kappa shape index (κ1) is 15.0. The molecule has 20 heavy (non-hydrogen) atoms. The highest BCUT2D eigenvalue weighted by atomic mass is 16.5. The van der Waals surface area contributed by atoms with E-state index < -0.39 is 5.41 Å². The van der Waals surface area contributed by atoms with Crippen molar-refractivity contribution in [3.8, 4) is 0 Å². The topological polar surface area (TPSA) is 29.5 Å². The van der Waals surface area contributed by atoms with Crippen molar-refractivity contribution in [1.29, 1.82) is 0 Å². The maximum atomic E-state index is 12.7. The molecule has 0 spiro atoms. The number of likely N-dealkylation sites (tertiary alicyclic amines) is 1. The van der Waals surface area contributed by atoms with E-state index in [1.54, 1.807) is 0 Å². The number of nitrogens with zero attached hydrogens (tertiary/aromatic N) is 1. The predicted octanol–water partition coefficient (Wildman–Crippen LogP) is 2.85. The molecule has 0 aliphatic carbocycles. The van der Waals surface area contributed by atoms with Crippen LogP contribution in [0.15, 0.2) is 30.3 Å². The third kappa shape index (κ3) is 2.73. The standard InChI is InChI=1S/C17H25NO2/c1-4-20-16(19)17(15-9-6-5-7-10-15)11-8-12-18(3)13-14(17)2/h5-7,9-10,14H,4,8,11-13H2,1-3H3. The van der Waals surface area contributed by atoms with Crippen molar-refractivity contribution >= 4 is 5.97 Å². The van der Waals surface area contributed by atoms with Crippen molar-refractivity contribution in [2.45, 2.75) is 32.1 Å². The second kappa shape index (κ2) is 6.40. The van der Waals surface area contributed by atoms with Crippen molar-refractivity contribution in [3.05, 3.63) is 35.9 Å². The van der Waals surface area contributed by atoms with Crippen molar-refractivity contribution in [3.63, 3.8) is 0 Å². The lowest BCUT2D eigenvalue weighted by atomic mass is 9.68. The van der Waals surface area contributed by atoms with E-state index in [4.69, 9.17) is 4.74 Å². The van der Waals surface area contributed by atoms with Crippen LogP contribution in [0.5, 0.6) is 0 Å². The van der Waals surface area contributed by atoms with Crippen molar-refractivity contribution in [1.82, 2.24) is 4.90 Å². The Morgan fingerprint density at radius 1 is 1.40 bits per heavy atom. The lowest BCUT2D eigenvalue weighted by Crippen LogP contribution is -2.45. The fourth-order valence-electron chi connectivity index (χ4n) is 3.43. The first-order chi connectivity index (χ1) is 9.61. The van der Waals surface area contributed by atoms with Gasteiger partial charge in [-0.25, -0.2) is 0 Å². The summed E-state index contributed by atoms with van der Waals surface area (Å²) in [5, 5.41) is 0. The van der Waals surface area contributed by atoms with Crippen LogP contribution in [-0.4, -0.2) is 37.6 Å². The molecule has 0 N–H and O–H groups in total. The normalized spacial score (nSPS) is 27.9. The van der Waals surface area contributed by atoms with Crippen molar-refractivity contribution in [2.75, 3.05) is 26.7 Å². The Kier molecular flexibility index (Phi) is 4.81. The SMILES string of the molecule is CCOC(=O)C1(c2ccccc2)CCCN(C)CC1C. The maximum absolute atomic E-state index is 12.7. The van der Waals surface area contributed by atoms with E-state index in [1.807, 2.05) is 25.1 Å². The molecule has 1 aliphatic rings. The van der Waals surface area contributed by atoms with Gasteiger partial charge in [0, 0.05) is 6.54 Å². The van der Waals surface area contributed by atoms with Gasteiger partial charge in [-0.05, 0) is 44.8 Å². The van der Waals surface area contributed by atoms with Crippen molar-refractivity contribution < 1.29 is 9.53 Å². The van der Waals surface area contributed by atoms with Gasteiger partial charge in [-0.3, -0.25) is 4.79 Å². The fraction of sp³-hybridized carbons (Fsp3) is 0.588. The summed E-state index contributed by atoms with van der Waals surface area (Å²) in [6.07, 6.45) is 1.88. The molecule has 0 amide bonds. The highest BCUT2D eigenvalue weighted by molar-refractivity contribution is 5.83. The Balaban J connectivity index is 2.45. The molecule has 3 heteroatoms. The zero-order valence-corrected chi connectivity index (χ0v) is 12.8. The Hall–Kier alpha value is -1.35. The molecule has 1 saturated heterocycles. The molecule has 2 unspecified atom stereocenters. The molecular formula is C17H25NO2. The molecule has 1 aromatic rings. The number of ether oxygens (including phenoxy) is 1. The molecule has 3 nitrogen and oxygen atoms in total. The number of rotatable bonds is 3. The number of benzene rings is 1. The van der Waals surface area contributed by atoms with Gasteiger partial charge in [-0.1, -0.05) is 37.3 Å². The summed E-state index contributed by atoms with van der Waals surface area (Å²) in [7, 11) is 2.13.